The van der Waals surface area contributed by atoms with Crippen molar-refractivity contribution in [2.24, 2.45) is 0 Å². The number of hydrogen-bond donors (Lipinski definition) is 0. The summed E-state index contributed by atoms with van der Waals surface area (Å²) in [4.78, 5) is 0. The average molecular weight is 146 g/mol. The highest BCUT2D eigenvalue weighted by atomic mass is 16.5. The fraction of sp³-hybridized carbons (Fsp3) is 1.00. The first kappa shape index (κ1) is 9.88. The molecule has 0 aliphatic carbocycles. The van der Waals surface area contributed by atoms with Gasteiger partial charge in [0.15, 0.2) is 0 Å². The molecule has 0 aromatic carbocycles. The second-order valence-corrected chi connectivity index (χ2v) is 1.91. The van der Waals surface area contributed by atoms with Crippen LogP contribution in [-0.2, 0) is 9.47 Å². The second-order valence-electron chi connectivity index (χ2n) is 1.91. The van der Waals surface area contributed by atoms with Gasteiger partial charge in [-0.2, -0.15) is 0 Å². The normalized spacial score (nSPS) is 10.2. The van der Waals surface area contributed by atoms with Crippen LogP contribution in [0.2, 0.25) is 0 Å². The van der Waals surface area contributed by atoms with Gasteiger partial charge >= 0.3 is 0 Å². The van der Waals surface area contributed by atoms with Crippen molar-refractivity contribution in [3.63, 3.8) is 0 Å². The minimum atomic E-state index is 0.453. The molecule has 0 aliphatic heterocycles. The zero-order valence-corrected chi connectivity index (χ0v) is 6.56. The minimum absolute atomic E-state index is 0.453. The van der Waals surface area contributed by atoms with E-state index in [0.717, 1.165) is 13.0 Å². The third kappa shape index (κ3) is 7.88. The lowest BCUT2D eigenvalue weighted by Crippen LogP contribution is -2.05. The Morgan fingerprint density at radius 1 is 1.10 bits per heavy atom. The summed E-state index contributed by atoms with van der Waals surface area (Å²) in [6.07, 6.45) is 0.826. The highest BCUT2D eigenvalue weighted by Crippen LogP contribution is 1.81. The molecular formula is C7H16NO2. The quantitative estimate of drug-likeness (QED) is 0.496. The van der Waals surface area contributed by atoms with Crippen molar-refractivity contribution in [3.05, 3.63) is 0 Å². The number of ether oxygens (including phenoxy) is 2. The van der Waals surface area contributed by atoms with Gasteiger partial charge in [-0.3, -0.25) is 5.73 Å². The fourth-order valence-electron chi connectivity index (χ4n) is 0.538. The second kappa shape index (κ2) is 8.88. The molecule has 0 aromatic heterocycles. The monoisotopic (exact) mass is 146 g/mol. The summed E-state index contributed by atoms with van der Waals surface area (Å²) in [5, 5.41) is 0. The van der Waals surface area contributed by atoms with Gasteiger partial charge < -0.3 is 9.47 Å². The van der Waals surface area contributed by atoms with Gasteiger partial charge in [-0.15, -0.1) is 0 Å². The Morgan fingerprint density at radius 3 is 2.40 bits per heavy atom. The maximum Gasteiger partial charge on any atom is 0.0700 e. The molecule has 3 heteroatoms. The lowest BCUT2D eigenvalue weighted by Gasteiger charge is -2.01. The van der Waals surface area contributed by atoms with Crippen LogP contribution >= 0.6 is 0 Å². The Bertz CT molecular complexity index is 51.6. The Hall–Kier alpha value is -0.120. The summed E-state index contributed by atoms with van der Waals surface area (Å²) in [6, 6.07) is 0. The van der Waals surface area contributed by atoms with Gasteiger partial charge in [0.05, 0.1) is 13.2 Å². The van der Waals surface area contributed by atoms with Crippen LogP contribution in [0.3, 0.4) is 0 Å². The third-order valence-electron chi connectivity index (χ3n) is 1.04. The maximum absolute atomic E-state index is 6.81. The standard InChI is InChI=1S/C7H16NO2/c1-2-9-6-7-10-5-3-4-8/h8H,2-7H2,1H3. The van der Waals surface area contributed by atoms with Crippen molar-refractivity contribution < 1.29 is 9.47 Å². The third-order valence-corrected chi connectivity index (χ3v) is 1.04. The number of rotatable bonds is 7. The summed E-state index contributed by atoms with van der Waals surface area (Å²) in [7, 11) is 0. The van der Waals surface area contributed by atoms with Gasteiger partial charge in [0.2, 0.25) is 0 Å². The van der Waals surface area contributed by atoms with Crippen LogP contribution in [0, 0.1) is 0 Å². The van der Waals surface area contributed by atoms with Crippen LogP contribution in [0.5, 0.6) is 0 Å². The molecule has 0 spiro atoms. The van der Waals surface area contributed by atoms with Gasteiger partial charge in [0.1, 0.15) is 0 Å². The zero-order chi connectivity index (χ0) is 7.66. The molecule has 0 rings (SSSR count). The predicted octanol–water partition coefficient (Wildman–Crippen LogP) is 0.712. The largest absolute Gasteiger partial charge is 0.379 e. The van der Waals surface area contributed by atoms with Crippen molar-refractivity contribution >= 4 is 0 Å². The summed E-state index contributed by atoms with van der Waals surface area (Å²) in [5.74, 6) is 0. The highest BCUT2D eigenvalue weighted by molar-refractivity contribution is 4.34. The fourth-order valence-corrected chi connectivity index (χ4v) is 0.538. The molecule has 0 bridgehead atoms. The van der Waals surface area contributed by atoms with E-state index in [2.05, 4.69) is 0 Å². The molecule has 0 saturated heterocycles. The van der Waals surface area contributed by atoms with Crippen LogP contribution in [0.1, 0.15) is 13.3 Å². The van der Waals surface area contributed by atoms with Gasteiger partial charge in [0, 0.05) is 19.8 Å². The maximum atomic E-state index is 6.81. The molecule has 1 radical (unpaired) electrons. The van der Waals surface area contributed by atoms with Crippen molar-refractivity contribution in [2.75, 3.05) is 33.0 Å². The van der Waals surface area contributed by atoms with Crippen molar-refractivity contribution in [1.29, 1.82) is 0 Å². The van der Waals surface area contributed by atoms with Crippen molar-refractivity contribution in [2.45, 2.75) is 13.3 Å². The lowest BCUT2D eigenvalue weighted by atomic mass is 10.5. The van der Waals surface area contributed by atoms with E-state index in [-0.39, 0.29) is 0 Å². The first-order valence-corrected chi connectivity index (χ1v) is 3.72. The first-order valence-electron chi connectivity index (χ1n) is 3.72. The number of nitrogens with one attached hydrogen (secondary N) is 1. The Kier molecular flexibility index (Phi) is 8.77. The van der Waals surface area contributed by atoms with E-state index >= 15 is 0 Å². The van der Waals surface area contributed by atoms with E-state index in [1.807, 2.05) is 6.92 Å². The van der Waals surface area contributed by atoms with E-state index in [4.69, 9.17) is 15.2 Å². The minimum Gasteiger partial charge on any atom is -0.379 e. The Morgan fingerprint density at radius 2 is 1.80 bits per heavy atom. The Balaban J connectivity index is 2.65. The summed E-state index contributed by atoms with van der Waals surface area (Å²) >= 11 is 0. The molecular weight excluding hydrogens is 130 g/mol. The molecule has 1 N–H and O–H groups in total. The molecule has 0 aliphatic rings. The van der Waals surface area contributed by atoms with Crippen LogP contribution in [0.4, 0.5) is 0 Å². The topological polar surface area (TPSA) is 42.3 Å². The smallest absolute Gasteiger partial charge is 0.0700 e. The predicted molar refractivity (Wildman–Crippen MR) is 39.9 cm³/mol. The number of hydrogen-bond acceptors (Lipinski definition) is 2. The van der Waals surface area contributed by atoms with Crippen LogP contribution in [0.25, 0.3) is 0 Å². The van der Waals surface area contributed by atoms with Crippen LogP contribution in [-0.4, -0.2) is 33.0 Å². The molecule has 61 valence electrons. The van der Waals surface area contributed by atoms with Gasteiger partial charge in [0.25, 0.3) is 0 Å². The lowest BCUT2D eigenvalue weighted by molar-refractivity contribution is 0.0524. The van der Waals surface area contributed by atoms with Crippen molar-refractivity contribution in [1.82, 2.24) is 5.73 Å². The van der Waals surface area contributed by atoms with Gasteiger partial charge in [-0.25, -0.2) is 0 Å². The summed E-state index contributed by atoms with van der Waals surface area (Å²) in [5.41, 5.74) is 6.81. The SMILES string of the molecule is CCOCCOCCC[NH]. The van der Waals surface area contributed by atoms with Crippen LogP contribution < -0.4 is 5.73 Å². The molecule has 0 amide bonds. The molecule has 0 unspecified atom stereocenters. The molecule has 3 nitrogen and oxygen atoms in total. The molecule has 0 saturated carbocycles. The van der Waals surface area contributed by atoms with E-state index in [1.165, 1.54) is 0 Å². The highest BCUT2D eigenvalue weighted by Gasteiger charge is 1.86. The summed E-state index contributed by atoms with van der Waals surface area (Å²) in [6.45, 7) is 5.19. The van der Waals surface area contributed by atoms with Gasteiger partial charge in [-0.1, -0.05) is 0 Å². The molecule has 0 heterocycles. The Labute approximate surface area is 62.5 Å². The van der Waals surface area contributed by atoms with Crippen molar-refractivity contribution in [3.8, 4) is 0 Å². The van der Waals surface area contributed by atoms with Gasteiger partial charge in [-0.05, 0) is 13.3 Å². The molecule has 10 heavy (non-hydrogen) atoms. The average Bonchev–Trinajstić information content (AvgIpc) is 1.97. The molecule has 0 aromatic rings. The zero-order valence-electron chi connectivity index (χ0n) is 6.56. The van der Waals surface area contributed by atoms with E-state index in [0.29, 0.717) is 26.4 Å². The van der Waals surface area contributed by atoms with Crippen LogP contribution in [0.15, 0.2) is 0 Å². The first-order chi connectivity index (χ1) is 4.91. The molecule has 0 fully saturated rings. The van der Waals surface area contributed by atoms with E-state index in [1.54, 1.807) is 0 Å². The van der Waals surface area contributed by atoms with E-state index < -0.39 is 0 Å². The summed E-state index contributed by atoms with van der Waals surface area (Å²) < 4.78 is 10.2. The van der Waals surface area contributed by atoms with E-state index in [9.17, 15) is 0 Å². The molecule has 0 atom stereocenters.